The van der Waals surface area contributed by atoms with E-state index in [1.165, 1.54) is 12.1 Å². The first-order valence-electron chi connectivity index (χ1n) is 6.75. The van der Waals surface area contributed by atoms with Crippen LogP contribution in [0.1, 0.15) is 17.4 Å². The number of hydrogen-bond acceptors (Lipinski definition) is 4. The minimum absolute atomic E-state index is 0.332. The first kappa shape index (κ1) is 14.2. The maximum Gasteiger partial charge on any atom is 0.181 e. The summed E-state index contributed by atoms with van der Waals surface area (Å²) in [5, 5.41) is 6.91. The van der Waals surface area contributed by atoms with E-state index in [2.05, 4.69) is 15.2 Å². The van der Waals surface area contributed by atoms with Crippen LogP contribution in [0.15, 0.2) is 48.5 Å². The van der Waals surface area contributed by atoms with Crippen LogP contribution in [-0.2, 0) is 0 Å². The van der Waals surface area contributed by atoms with Gasteiger partial charge in [-0.05, 0) is 29.8 Å². The summed E-state index contributed by atoms with van der Waals surface area (Å²) >= 11 is 0. The largest absolute Gasteiger partial charge is 0.497 e. The number of rotatable bonds is 4. The minimum Gasteiger partial charge on any atom is -0.497 e. The van der Waals surface area contributed by atoms with Crippen molar-refractivity contribution < 1.29 is 9.13 Å². The van der Waals surface area contributed by atoms with Gasteiger partial charge in [-0.3, -0.25) is 5.10 Å². The maximum absolute atomic E-state index is 13.3. The van der Waals surface area contributed by atoms with Crippen molar-refractivity contribution >= 4 is 0 Å². The van der Waals surface area contributed by atoms with Crippen molar-refractivity contribution in [3.63, 3.8) is 0 Å². The van der Waals surface area contributed by atoms with E-state index in [1.54, 1.807) is 19.2 Å². The average Bonchev–Trinajstić information content (AvgIpc) is 3.04. The standard InChI is InChI=1S/C16H15FN4O/c1-22-13-7-3-4-10(9-13)14(18)16-19-15(20-21-16)11-5-2-6-12(17)8-11/h2-9,14H,18H2,1H3,(H,19,20,21). The number of nitrogens with two attached hydrogens (primary N) is 1. The highest BCUT2D eigenvalue weighted by Gasteiger charge is 2.15. The Balaban J connectivity index is 1.89. The number of nitrogens with zero attached hydrogens (tertiary/aromatic N) is 2. The second-order valence-corrected chi connectivity index (χ2v) is 4.81. The highest BCUT2D eigenvalue weighted by atomic mass is 19.1. The predicted molar refractivity (Wildman–Crippen MR) is 80.8 cm³/mol. The molecule has 0 bridgehead atoms. The zero-order chi connectivity index (χ0) is 15.5. The summed E-state index contributed by atoms with van der Waals surface area (Å²) in [6, 6.07) is 13.1. The van der Waals surface area contributed by atoms with Gasteiger partial charge in [0.15, 0.2) is 5.82 Å². The minimum atomic E-state index is -0.468. The first-order valence-corrected chi connectivity index (χ1v) is 6.75. The molecule has 22 heavy (non-hydrogen) atoms. The normalized spacial score (nSPS) is 12.1. The number of ether oxygens (including phenoxy) is 1. The fourth-order valence-electron chi connectivity index (χ4n) is 2.16. The van der Waals surface area contributed by atoms with E-state index in [-0.39, 0.29) is 5.82 Å². The van der Waals surface area contributed by atoms with Crippen LogP contribution >= 0.6 is 0 Å². The monoisotopic (exact) mass is 298 g/mol. The smallest absolute Gasteiger partial charge is 0.181 e. The average molecular weight is 298 g/mol. The van der Waals surface area contributed by atoms with Gasteiger partial charge in [0.2, 0.25) is 0 Å². The summed E-state index contributed by atoms with van der Waals surface area (Å²) in [5.41, 5.74) is 7.64. The lowest BCUT2D eigenvalue weighted by Crippen LogP contribution is -2.13. The Morgan fingerprint density at radius 2 is 2.00 bits per heavy atom. The van der Waals surface area contributed by atoms with Gasteiger partial charge < -0.3 is 10.5 Å². The molecule has 3 aromatic rings. The Morgan fingerprint density at radius 1 is 1.18 bits per heavy atom. The second kappa shape index (κ2) is 5.95. The third-order valence-corrected chi connectivity index (χ3v) is 3.33. The molecular weight excluding hydrogens is 283 g/mol. The molecule has 6 heteroatoms. The van der Waals surface area contributed by atoms with Crippen molar-refractivity contribution in [3.05, 3.63) is 65.7 Å². The number of H-pyrrole nitrogens is 1. The van der Waals surface area contributed by atoms with E-state index in [1.807, 2.05) is 24.3 Å². The van der Waals surface area contributed by atoms with Crippen molar-refractivity contribution in [3.8, 4) is 17.1 Å². The summed E-state index contributed by atoms with van der Waals surface area (Å²) in [6.45, 7) is 0. The number of nitrogens with one attached hydrogen (secondary N) is 1. The summed E-state index contributed by atoms with van der Waals surface area (Å²) in [6.07, 6.45) is 0. The van der Waals surface area contributed by atoms with Crippen molar-refractivity contribution in [2.45, 2.75) is 6.04 Å². The molecule has 0 fully saturated rings. The molecule has 1 aromatic heterocycles. The van der Waals surface area contributed by atoms with E-state index >= 15 is 0 Å². The van der Waals surface area contributed by atoms with Crippen LogP contribution in [0.3, 0.4) is 0 Å². The molecule has 0 radical (unpaired) electrons. The number of methoxy groups -OCH3 is 1. The lowest BCUT2D eigenvalue weighted by molar-refractivity contribution is 0.414. The summed E-state index contributed by atoms with van der Waals surface area (Å²) in [4.78, 5) is 4.35. The molecule has 0 saturated carbocycles. The molecule has 0 saturated heterocycles. The molecule has 0 aliphatic rings. The van der Waals surface area contributed by atoms with Crippen LogP contribution in [0.4, 0.5) is 4.39 Å². The topological polar surface area (TPSA) is 76.8 Å². The van der Waals surface area contributed by atoms with Crippen LogP contribution < -0.4 is 10.5 Å². The van der Waals surface area contributed by atoms with Gasteiger partial charge in [-0.15, -0.1) is 0 Å². The molecule has 0 amide bonds. The number of halogens is 1. The zero-order valence-corrected chi connectivity index (χ0v) is 12.0. The Labute approximate surface area is 127 Å². The number of hydrogen-bond donors (Lipinski definition) is 2. The van der Waals surface area contributed by atoms with Crippen molar-refractivity contribution in [1.82, 2.24) is 15.2 Å². The van der Waals surface area contributed by atoms with Crippen molar-refractivity contribution in [2.24, 2.45) is 5.73 Å². The van der Waals surface area contributed by atoms with E-state index in [4.69, 9.17) is 10.5 Å². The molecular formula is C16H15FN4O. The molecule has 3 rings (SSSR count). The number of aromatic nitrogens is 3. The van der Waals surface area contributed by atoms with E-state index < -0.39 is 6.04 Å². The summed E-state index contributed by atoms with van der Waals surface area (Å²) in [7, 11) is 1.60. The van der Waals surface area contributed by atoms with Crippen LogP contribution in [0, 0.1) is 5.82 Å². The van der Waals surface area contributed by atoms with Crippen LogP contribution in [0.5, 0.6) is 5.75 Å². The predicted octanol–water partition coefficient (Wildman–Crippen LogP) is 2.67. The maximum atomic E-state index is 13.3. The Bertz CT molecular complexity index is 787. The summed E-state index contributed by atoms with van der Waals surface area (Å²) in [5.74, 6) is 1.30. The van der Waals surface area contributed by atoms with Gasteiger partial charge in [0.1, 0.15) is 17.4 Å². The molecule has 2 aromatic carbocycles. The molecule has 1 heterocycles. The van der Waals surface area contributed by atoms with E-state index in [0.29, 0.717) is 17.2 Å². The molecule has 112 valence electrons. The molecule has 0 aliphatic heterocycles. The van der Waals surface area contributed by atoms with Gasteiger partial charge in [-0.2, -0.15) is 5.10 Å². The molecule has 1 unspecified atom stereocenters. The van der Waals surface area contributed by atoms with Gasteiger partial charge in [-0.25, -0.2) is 9.37 Å². The molecule has 1 atom stereocenters. The quantitative estimate of drug-likeness (QED) is 0.776. The van der Waals surface area contributed by atoms with Gasteiger partial charge in [0, 0.05) is 5.56 Å². The Hall–Kier alpha value is -2.73. The van der Waals surface area contributed by atoms with Crippen molar-refractivity contribution in [2.75, 3.05) is 7.11 Å². The molecule has 3 N–H and O–H groups in total. The first-order chi connectivity index (χ1) is 10.7. The van der Waals surface area contributed by atoms with Gasteiger partial charge in [0.25, 0.3) is 0 Å². The zero-order valence-electron chi connectivity index (χ0n) is 12.0. The lowest BCUT2D eigenvalue weighted by Gasteiger charge is -2.09. The number of benzene rings is 2. The van der Waals surface area contributed by atoms with Crippen LogP contribution in [0.2, 0.25) is 0 Å². The van der Waals surface area contributed by atoms with Crippen molar-refractivity contribution in [1.29, 1.82) is 0 Å². The lowest BCUT2D eigenvalue weighted by atomic mass is 10.1. The molecule has 5 nitrogen and oxygen atoms in total. The van der Waals surface area contributed by atoms with Gasteiger partial charge in [0.05, 0.1) is 13.2 Å². The van der Waals surface area contributed by atoms with E-state index in [9.17, 15) is 4.39 Å². The van der Waals surface area contributed by atoms with Crippen LogP contribution in [-0.4, -0.2) is 22.3 Å². The summed E-state index contributed by atoms with van der Waals surface area (Å²) < 4.78 is 18.4. The number of aromatic amines is 1. The van der Waals surface area contributed by atoms with E-state index in [0.717, 1.165) is 11.3 Å². The SMILES string of the molecule is COc1cccc(C(N)c2nc(-c3cccc(F)c3)n[nH]2)c1. The Morgan fingerprint density at radius 3 is 2.77 bits per heavy atom. The van der Waals surface area contributed by atoms with Gasteiger partial charge >= 0.3 is 0 Å². The fraction of sp³-hybridized carbons (Fsp3) is 0.125. The third kappa shape index (κ3) is 2.82. The molecule has 0 spiro atoms. The highest BCUT2D eigenvalue weighted by molar-refractivity contribution is 5.54. The van der Waals surface area contributed by atoms with Crippen LogP contribution in [0.25, 0.3) is 11.4 Å². The highest BCUT2D eigenvalue weighted by Crippen LogP contribution is 2.23. The second-order valence-electron chi connectivity index (χ2n) is 4.81. The van der Waals surface area contributed by atoms with Gasteiger partial charge in [-0.1, -0.05) is 24.3 Å². The Kier molecular flexibility index (Phi) is 3.84. The third-order valence-electron chi connectivity index (χ3n) is 3.33. The molecule has 0 aliphatic carbocycles. The fourth-order valence-corrected chi connectivity index (χ4v) is 2.16.